The molecule has 0 spiro atoms. The summed E-state index contributed by atoms with van der Waals surface area (Å²) in [6.07, 6.45) is 1.57. The molecule has 6 nitrogen and oxygen atoms in total. The molecule has 4 aromatic rings. The Morgan fingerprint density at radius 3 is 2.21 bits per heavy atom. The summed E-state index contributed by atoms with van der Waals surface area (Å²) in [5.74, 6) is -1.01. The molecular formula is C27H25N3O3. The maximum absolute atomic E-state index is 13.1. The van der Waals surface area contributed by atoms with Crippen molar-refractivity contribution in [2.75, 3.05) is 5.32 Å². The molecule has 1 amide bonds. The van der Waals surface area contributed by atoms with Gasteiger partial charge in [0.2, 0.25) is 0 Å². The van der Waals surface area contributed by atoms with E-state index in [1.807, 2.05) is 84.9 Å². The third kappa shape index (κ3) is 5.18. The number of anilines is 1. The summed E-state index contributed by atoms with van der Waals surface area (Å²) in [5.41, 5.74) is 4.21. The van der Waals surface area contributed by atoms with E-state index in [2.05, 4.69) is 17.3 Å². The second-order valence-electron chi connectivity index (χ2n) is 7.62. The zero-order valence-electron chi connectivity index (χ0n) is 18.6. The van der Waals surface area contributed by atoms with Crippen molar-refractivity contribution in [1.29, 1.82) is 0 Å². The Kier molecular flexibility index (Phi) is 6.64. The summed E-state index contributed by atoms with van der Waals surface area (Å²) in [6.45, 7) is 3.62. The van der Waals surface area contributed by atoms with Crippen LogP contribution >= 0.6 is 0 Å². The molecule has 3 aromatic carbocycles. The first-order valence-corrected chi connectivity index (χ1v) is 10.9. The minimum absolute atomic E-state index is 0.289. The van der Waals surface area contributed by atoms with E-state index in [9.17, 15) is 9.59 Å². The number of nitrogens with zero attached hydrogens (tertiary/aromatic N) is 2. The van der Waals surface area contributed by atoms with Crippen LogP contribution in [0.3, 0.4) is 0 Å². The van der Waals surface area contributed by atoms with E-state index in [1.54, 1.807) is 17.8 Å². The molecule has 0 fully saturated rings. The molecule has 1 atom stereocenters. The Bertz CT molecular complexity index is 1230. The number of ether oxygens (including phenoxy) is 1. The molecule has 0 aliphatic rings. The SMILES string of the molecule is CCc1ccc(NC(=O)[C@H](C)OC(=O)c2cn(-c3ccccc3)nc2-c2ccccc2)cc1. The number of carbonyl (C=O) groups is 2. The van der Waals surface area contributed by atoms with Gasteiger partial charge in [0.05, 0.1) is 5.69 Å². The summed E-state index contributed by atoms with van der Waals surface area (Å²) in [4.78, 5) is 25.7. The highest BCUT2D eigenvalue weighted by atomic mass is 16.5. The molecule has 1 aromatic heterocycles. The van der Waals surface area contributed by atoms with Gasteiger partial charge in [-0.25, -0.2) is 9.48 Å². The highest BCUT2D eigenvalue weighted by Crippen LogP contribution is 2.25. The molecule has 1 N–H and O–H groups in total. The summed E-state index contributed by atoms with van der Waals surface area (Å²) in [5, 5.41) is 7.41. The first-order valence-electron chi connectivity index (χ1n) is 10.9. The van der Waals surface area contributed by atoms with Crippen molar-refractivity contribution < 1.29 is 14.3 Å². The van der Waals surface area contributed by atoms with Gasteiger partial charge in [0, 0.05) is 17.4 Å². The second-order valence-corrected chi connectivity index (χ2v) is 7.62. The average Bonchev–Trinajstić information content (AvgIpc) is 3.31. The maximum atomic E-state index is 13.1. The van der Waals surface area contributed by atoms with Crippen LogP contribution in [0, 0.1) is 0 Å². The van der Waals surface area contributed by atoms with Crippen molar-refractivity contribution in [3.8, 4) is 16.9 Å². The molecule has 0 saturated carbocycles. The lowest BCUT2D eigenvalue weighted by Gasteiger charge is -2.13. The van der Waals surface area contributed by atoms with Crippen LogP contribution in [0.1, 0.15) is 29.8 Å². The Hall–Kier alpha value is -4.19. The zero-order chi connectivity index (χ0) is 23.2. The first kappa shape index (κ1) is 22.0. The zero-order valence-corrected chi connectivity index (χ0v) is 18.6. The summed E-state index contributed by atoms with van der Waals surface area (Å²) < 4.78 is 7.16. The topological polar surface area (TPSA) is 73.2 Å². The average molecular weight is 440 g/mol. The number of rotatable bonds is 7. The first-order chi connectivity index (χ1) is 16.0. The molecule has 33 heavy (non-hydrogen) atoms. The van der Waals surface area contributed by atoms with Gasteiger partial charge in [0.25, 0.3) is 5.91 Å². The van der Waals surface area contributed by atoms with Gasteiger partial charge < -0.3 is 10.1 Å². The van der Waals surface area contributed by atoms with E-state index in [4.69, 9.17) is 4.74 Å². The molecular weight excluding hydrogens is 414 g/mol. The molecule has 0 aliphatic heterocycles. The third-order valence-electron chi connectivity index (χ3n) is 5.28. The molecule has 0 saturated heterocycles. The van der Waals surface area contributed by atoms with Gasteiger partial charge in [-0.1, -0.05) is 67.6 Å². The van der Waals surface area contributed by atoms with Crippen molar-refractivity contribution in [2.45, 2.75) is 26.4 Å². The van der Waals surface area contributed by atoms with Crippen LogP contribution in [0.4, 0.5) is 5.69 Å². The molecule has 0 bridgehead atoms. The van der Waals surface area contributed by atoms with Crippen molar-refractivity contribution in [2.24, 2.45) is 0 Å². The van der Waals surface area contributed by atoms with Gasteiger partial charge in [-0.3, -0.25) is 4.79 Å². The number of amides is 1. The number of aryl methyl sites for hydroxylation is 1. The Balaban J connectivity index is 1.55. The second kappa shape index (κ2) is 9.96. The third-order valence-corrected chi connectivity index (χ3v) is 5.28. The van der Waals surface area contributed by atoms with Crippen molar-refractivity contribution in [1.82, 2.24) is 9.78 Å². The Labute approximate surface area is 192 Å². The van der Waals surface area contributed by atoms with E-state index < -0.39 is 18.0 Å². The lowest BCUT2D eigenvalue weighted by molar-refractivity contribution is -0.123. The predicted octanol–water partition coefficient (Wildman–Crippen LogP) is 5.29. The van der Waals surface area contributed by atoms with Gasteiger partial charge in [-0.15, -0.1) is 0 Å². The number of carbonyl (C=O) groups excluding carboxylic acids is 2. The van der Waals surface area contributed by atoms with Crippen LogP contribution in [0.2, 0.25) is 0 Å². The van der Waals surface area contributed by atoms with Gasteiger partial charge in [-0.05, 0) is 43.2 Å². The molecule has 0 unspecified atom stereocenters. The van der Waals surface area contributed by atoms with E-state index in [0.717, 1.165) is 17.7 Å². The molecule has 4 rings (SSSR count). The number of benzene rings is 3. The maximum Gasteiger partial charge on any atom is 0.342 e. The molecule has 0 radical (unpaired) electrons. The fourth-order valence-corrected chi connectivity index (χ4v) is 3.39. The predicted molar refractivity (Wildman–Crippen MR) is 128 cm³/mol. The quantitative estimate of drug-likeness (QED) is 0.397. The lowest BCUT2D eigenvalue weighted by atomic mass is 10.1. The summed E-state index contributed by atoms with van der Waals surface area (Å²) in [6, 6.07) is 26.5. The normalized spacial score (nSPS) is 11.6. The molecule has 166 valence electrons. The summed E-state index contributed by atoms with van der Waals surface area (Å²) in [7, 11) is 0. The van der Waals surface area contributed by atoms with Crippen LogP contribution in [0.5, 0.6) is 0 Å². The van der Waals surface area contributed by atoms with E-state index in [-0.39, 0.29) is 5.56 Å². The highest BCUT2D eigenvalue weighted by Gasteiger charge is 2.24. The van der Waals surface area contributed by atoms with E-state index in [1.165, 1.54) is 5.56 Å². The van der Waals surface area contributed by atoms with Crippen LogP contribution in [-0.2, 0) is 16.0 Å². The van der Waals surface area contributed by atoms with E-state index in [0.29, 0.717) is 11.4 Å². The van der Waals surface area contributed by atoms with Crippen LogP contribution in [0.25, 0.3) is 16.9 Å². The standard InChI is InChI=1S/C27H25N3O3/c1-3-20-14-16-22(17-15-20)28-26(31)19(2)33-27(32)24-18-30(23-12-8-5-9-13-23)29-25(24)21-10-6-4-7-11-21/h4-19H,3H2,1-2H3,(H,28,31)/t19-/m0/s1. The van der Waals surface area contributed by atoms with Crippen LogP contribution in [-0.4, -0.2) is 27.8 Å². The number of para-hydroxylation sites is 1. The minimum Gasteiger partial charge on any atom is -0.449 e. The smallest absolute Gasteiger partial charge is 0.342 e. The number of hydrogen-bond donors (Lipinski definition) is 1. The molecule has 0 aliphatic carbocycles. The number of esters is 1. The van der Waals surface area contributed by atoms with Gasteiger partial charge in [0.1, 0.15) is 11.3 Å². The molecule has 6 heteroatoms. The Morgan fingerprint density at radius 1 is 0.939 bits per heavy atom. The van der Waals surface area contributed by atoms with E-state index >= 15 is 0 Å². The highest BCUT2D eigenvalue weighted by molar-refractivity contribution is 6.00. The van der Waals surface area contributed by atoms with Gasteiger partial charge >= 0.3 is 5.97 Å². The van der Waals surface area contributed by atoms with Crippen molar-refractivity contribution >= 4 is 17.6 Å². The summed E-state index contributed by atoms with van der Waals surface area (Å²) >= 11 is 0. The number of aromatic nitrogens is 2. The minimum atomic E-state index is -0.980. The van der Waals surface area contributed by atoms with Crippen molar-refractivity contribution in [3.05, 3.63) is 102 Å². The fourth-order valence-electron chi connectivity index (χ4n) is 3.39. The van der Waals surface area contributed by atoms with Gasteiger partial charge in [0.15, 0.2) is 6.10 Å². The van der Waals surface area contributed by atoms with Gasteiger partial charge in [-0.2, -0.15) is 5.10 Å². The lowest BCUT2D eigenvalue weighted by Crippen LogP contribution is -2.30. The fraction of sp³-hybridized carbons (Fsp3) is 0.148. The largest absolute Gasteiger partial charge is 0.449 e. The number of hydrogen-bond acceptors (Lipinski definition) is 4. The van der Waals surface area contributed by atoms with Crippen molar-refractivity contribution in [3.63, 3.8) is 0 Å². The monoisotopic (exact) mass is 439 g/mol. The Morgan fingerprint density at radius 2 is 1.58 bits per heavy atom. The van der Waals surface area contributed by atoms with Crippen LogP contribution < -0.4 is 5.32 Å². The van der Waals surface area contributed by atoms with Crippen LogP contribution in [0.15, 0.2) is 91.1 Å². The number of nitrogens with one attached hydrogen (secondary N) is 1. The molecule has 1 heterocycles.